The Morgan fingerprint density at radius 2 is 2.11 bits per heavy atom. The standard InChI is InChI=1S/C15H14N2OS/c1-18-12-4-2-3-10(7-12)8-15-17-13-6-5-11(16)9-14(13)19-15/h2-7,9H,8,16H2,1H3. The zero-order valence-corrected chi connectivity index (χ0v) is 11.4. The number of nitrogens with two attached hydrogens (primary N) is 1. The first kappa shape index (κ1) is 12.0. The summed E-state index contributed by atoms with van der Waals surface area (Å²) in [5.74, 6) is 0.878. The number of benzene rings is 2. The normalized spacial score (nSPS) is 10.8. The minimum absolute atomic E-state index is 0.782. The molecule has 0 amide bonds. The number of fused-ring (bicyclic) bond motifs is 1. The average molecular weight is 270 g/mol. The van der Waals surface area contributed by atoms with Crippen LogP contribution in [0.15, 0.2) is 42.5 Å². The molecule has 3 rings (SSSR count). The van der Waals surface area contributed by atoms with Crippen LogP contribution in [-0.4, -0.2) is 12.1 Å². The minimum Gasteiger partial charge on any atom is -0.497 e. The van der Waals surface area contributed by atoms with E-state index in [1.165, 1.54) is 5.56 Å². The van der Waals surface area contributed by atoms with E-state index in [-0.39, 0.29) is 0 Å². The van der Waals surface area contributed by atoms with E-state index < -0.39 is 0 Å². The number of hydrogen-bond acceptors (Lipinski definition) is 4. The third-order valence-electron chi connectivity index (χ3n) is 2.95. The van der Waals surface area contributed by atoms with Crippen LogP contribution in [0, 0.1) is 0 Å². The van der Waals surface area contributed by atoms with Crippen molar-refractivity contribution in [2.24, 2.45) is 0 Å². The smallest absolute Gasteiger partial charge is 0.119 e. The maximum absolute atomic E-state index is 5.79. The fourth-order valence-corrected chi connectivity index (χ4v) is 3.07. The third kappa shape index (κ3) is 2.53. The first-order chi connectivity index (χ1) is 9.24. The second-order valence-electron chi connectivity index (χ2n) is 4.36. The highest BCUT2D eigenvalue weighted by molar-refractivity contribution is 7.18. The van der Waals surface area contributed by atoms with E-state index in [4.69, 9.17) is 10.5 Å². The van der Waals surface area contributed by atoms with Gasteiger partial charge in [0.1, 0.15) is 5.75 Å². The van der Waals surface area contributed by atoms with Crippen molar-refractivity contribution in [3.63, 3.8) is 0 Å². The second-order valence-corrected chi connectivity index (χ2v) is 5.48. The van der Waals surface area contributed by atoms with E-state index >= 15 is 0 Å². The number of anilines is 1. The first-order valence-corrected chi connectivity index (χ1v) is 6.84. The Morgan fingerprint density at radius 3 is 2.95 bits per heavy atom. The number of hydrogen-bond donors (Lipinski definition) is 1. The molecule has 0 radical (unpaired) electrons. The summed E-state index contributed by atoms with van der Waals surface area (Å²) >= 11 is 1.69. The van der Waals surface area contributed by atoms with Crippen molar-refractivity contribution in [1.82, 2.24) is 4.98 Å². The molecule has 96 valence electrons. The van der Waals surface area contributed by atoms with Gasteiger partial charge in [0.15, 0.2) is 0 Å². The number of nitrogen functional groups attached to an aromatic ring is 1. The van der Waals surface area contributed by atoms with Crippen LogP contribution in [0.1, 0.15) is 10.6 Å². The monoisotopic (exact) mass is 270 g/mol. The molecule has 1 heterocycles. The van der Waals surface area contributed by atoms with Crippen LogP contribution in [0.25, 0.3) is 10.2 Å². The number of ether oxygens (including phenoxy) is 1. The van der Waals surface area contributed by atoms with Crippen LogP contribution in [0.3, 0.4) is 0 Å². The average Bonchev–Trinajstić information content (AvgIpc) is 2.80. The molecule has 3 nitrogen and oxygen atoms in total. The van der Waals surface area contributed by atoms with Gasteiger partial charge in [0.2, 0.25) is 0 Å². The lowest BCUT2D eigenvalue weighted by Crippen LogP contribution is -1.89. The largest absolute Gasteiger partial charge is 0.497 e. The molecule has 0 spiro atoms. The van der Waals surface area contributed by atoms with Gasteiger partial charge in [-0.15, -0.1) is 11.3 Å². The Labute approximate surface area is 115 Å². The van der Waals surface area contributed by atoms with Crippen molar-refractivity contribution < 1.29 is 4.74 Å². The van der Waals surface area contributed by atoms with Crippen LogP contribution in [0.2, 0.25) is 0 Å². The number of methoxy groups -OCH3 is 1. The maximum atomic E-state index is 5.79. The summed E-state index contributed by atoms with van der Waals surface area (Å²) in [4.78, 5) is 4.63. The molecule has 3 aromatic rings. The number of rotatable bonds is 3. The summed E-state index contributed by atoms with van der Waals surface area (Å²) in [5, 5.41) is 1.09. The van der Waals surface area contributed by atoms with Gasteiger partial charge in [-0.3, -0.25) is 0 Å². The number of thiazole rings is 1. The number of aromatic nitrogens is 1. The molecule has 0 fully saturated rings. The molecule has 2 N–H and O–H groups in total. The van der Waals surface area contributed by atoms with Crippen molar-refractivity contribution in [2.75, 3.05) is 12.8 Å². The van der Waals surface area contributed by atoms with Gasteiger partial charge < -0.3 is 10.5 Å². The van der Waals surface area contributed by atoms with E-state index in [2.05, 4.69) is 11.1 Å². The molecular weight excluding hydrogens is 256 g/mol. The molecule has 0 saturated carbocycles. The summed E-state index contributed by atoms with van der Waals surface area (Å²) in [6, 6.07) is 13.9. The van der Waals surface area contributed by atoms with Gasteiger partial charge >= 0.3 is 0 Å². The fraction of sp³-hybridized carbons (Fsp3) is 0.133. The SMILES string of the molecule is COc1cccc(Cc2nc3ccc(N)cc3s2)c1. The van der Waals surface area contributed by atoms with Crippen molar-refractivity contribution in [1.29, 1.82) is 0 Å². The van der Waals surface area contributed by atoms with Gasteiger partial charge in [-0.2, -0.15) is 0 Å². The Kier molecular flexibility index (Phi) is 3.09. The van der Waals surface area contributed by atoms with E-state index in [0.717, 1.165) is 33.1 Å². The lowest BCUT2D eigenvalue weighted by Gasteiger charge is -2.02. The van der Waals surface area contributed by atoms with Crippen molar-refractivity contribution in [3.05, 3.63) is 53.0 Å². The quantitative estimate of drug-likeness (QED) is 0.741. The number of nitrogens with zero attached hydrogens (tertiary/aromatic N) is 1. The molecule has 0 bridgehead atoms. The Morgan fingerprint density at radius 1 is 1.21 bits per heavy atom. The summed E-state index contributed by atoms with van der Waals surface area (Å²) < 4.78 is 6.37. The van der Waals surface area contributed by atoms with Crippen LogP contribution in [0.4, 0.5) is 5.69 Å². The van der Waals surface area contributed by atoms with Gasteiger partial charge in [0.05, 0.1) is 22.3 Å². The first-order valence-electron chi connectivity index (χ1n) is 6.02. The summed E-state index contributed by atoms with van der Waals surface area (Å²) in [5.41, 5.74) is 8.78. The predicted molar refractivity (Wildman–Crippen MR) is 79.8 cm³/mol. The van der Waals surface area contributed by atoms with Crippen LogP contribution in [0.5, 0.6) is 5.75 Å². The molecule has 2 aromatic carbocycles. The van der Waals surface area contributed by atoms with Gasteiger partial charge in [-0.05, 0) is 35.9 Å². The van der Waals surface area contributed by atoms with Crippen molar-refractivity contribution in [3.8, 4) is 5.75 Å². The van der Waals surface area contributed by atoms with Crippen molar-refractivity contribution >= 4 is 27.2 Å². The maximum Gasteiger partial charge on any atom is 0.119 e. The molecule has 0 unspecified atom stereocenters. The Bertz CT molecular complexity index is 721. The molecule has 19 heavy (non-hydrogen) atoms. The van der Waals surface area contributed by atoms with Crippen LogP contribution >= 0.6 is 11.3 Å². The van der Waals surface area contributed by atoms with E-state index in [0.29, 0.717) is 0 Å². The van der Waals surface area contributed by atoms with Crippen molar-refractivity contribution in [2.45, 2.75) is 6.42 Å². The van der Waals surface area contributed by atoms with Crippen LogP contribution in [-0.2, 0) is 6.42 Å². The summed E-state index contributed by atoms with van der Waals surface area (Å²) in [6.45, 7) is 0. The minimum atomic E-state index is 0.782. The van der Waals surface area contributed by atoms with Gasteiger partial charge in [-0.1, -0.05) is 12.1 Å². The topological polar surface area (TPSA) is 48.1 Å². The van der Waals surface area contributed by atoms with E-state index in [1.54, 1.807) is 18.4 Å². The highest BCUT2D eigenvalue weighted by Gasteiger charge is 2.05. The molecule has 0 aliphatic carbocycles. The zero-order valence-electron chi connectivity index (χ0n) is 10.6. The highest BCUT2D eigenvalue weighted by Crippen LogP contribution is 2.26. The predicted octanol–water partition coefficient (Wildman–Crippen LogP) is 3.48. The van der Waals surface area contributed by atoms with Crippen LogP contribution < -0.4 is 10.5 Å². The van der Waals surface area contributed by atoms with Gasteiger partial charge in [0.25, 0.3) is 0 Å². The summed E-state index contributed by atoms with van der Waals surface area (Å²) in [7, 11) is 1.68. The lowest BCUT2D eigenvalue weighted by molar-refractivity contribution is 0.414. The van der Waals surface area contributed by atoms with Gasteiger partial charge in [0, 0.05) is 12.1 Å². The lowest BCUT2D eigenvalue weighted by atomic mass is 10.1. The molecule has 1 aromatic heterocycles. The molecular formula is C15H14N2OS. The molecule has 0 atom stereocenters. The zero-order chi connectivity index (χ0) is 13.2. The third-order valence-corrected chi connectivity index (χ3v) is 3.96. The van der Waals surface area contributed by atoms with Gasteiger partial charge in [-0.25, -0.2) is 4.98 Å². The van der Waals surface area contributed by atoms with E-state index in [9.17, 15) is 0 Å². The van der Waals surface area contributed by atoms with E-state index in [1.807, 2.05) is 36.4 Å². The summed E-state index contributed by atoms with van der Waals surface area (Å²) in [6.07, 6.45) is 0.816. The highest BCUT2D eigenvalue weighted by atomic mass is 32.1. The fourth-order valence-electron chi connectivity index (χ4n) is 2.02. The second kappa shape index (κ2) is 4.90. The molecule has 4 heteroatoms. The molecule has 0 saturated heterocycles. The molecule has 0 aliphatic heterocycles. The Hall–Kier alpha value is -2.07. The Balaban J connectivity index is 1.92. The molecule has 0 aliphatic rings.